The molecule has 1 amide bonds. The van der Waals surface area contributed by atoms with E-state index in [4.69, 9.17) is 15.5 Å². The van der Waals surface area contributed by atoms with Gasteiger partial charge in [-0.25, -0.2) is 9.97 Å². The van der Waals surface area contributed by atoms with Gasteiger partial charge in [0.2, 0.25) is 0 Å². The molecule has 1 saturated carbocycles. The Bertz CT molecular complexity index is 1340. The third-order valence-electron chi connectivity index (χ3n) is 6.70. The number of carbonyl (C=O) groups is 1. The van der Waals surface area contributed by atoms with Crippen LogP contribution in [0.25, 0.3) is 16.8 Å². The molecule has 2 heterocycles. The minimum Gasteiger partial charge on any atom is -0.496 e. The fourth-order valence-electron chi connectivity index (χ4n) is 4.80. The number of aromatic nitrogens is 3. The highest BCUT2D eigenvalue weighted by atomic mass is 16.5. The normalized spacial score (nSPS) is 17.9. The molecule has 0 aliphatic heterocycles. The Morgan fingerprint density at radius 3 is 2.63 bits per heavy atom. The van der Waals surface area contributed by atoms with Crippen LogP contribution in [0.1, 0.15) is 53.3 Å². The zero-order valence-corrected chi connectivity index (χ0v) is 19.6. The molecule has 0 bridgehead atoms. The number of aliphatic hydroxyl groups excluding tert-OH is 1. The molecule has 0 radical (unpaired) electrons. The van der Waals surface area contributed by atoms with E-state index in [-0.39, 0.29) is 17.9 Å². The number of anilines is 1. The minimum absolute atomic E-state index is 0.187. The van der Waals surface area contributed by atoms with E-state index < -0.39 is 0 Å². The first-order valence-electron chi connectivity index (χ1n) is 11.9. The lowest BCUT2D eigenvalue weighted by atomic mass is 9.87. The number of nitrogens with zero attached hydrogens (tertiary/aromatic N) is 3. The van der Waals surface area contributed by atoms with Crippen LogP contribution in [0.15, 0.2) is 60.9 Å². The van der Waals surface area contributed by atoms with Crippen LogP contribution in [0.2, 0.25) is 0 Å². The maximum atomic E-state index is 12.6. The van der Waals surface area contributed by atoms with Gasteiger partial charge < -0.3 is 20.9 Å². The number of nitrogens with one attached hydrogen (secondary N) is 1. The van der Waals surface area contributed by atoms with Gasteiger partial charge in [-0.05, 0) is 43.4 Å². The molecule has 0 saturated heterocycles. The number of para-hydroxylation sites is 1. The number of methoxy groups -OCH3 is 1. The summed E-state index contributed by atoms with van der Waals surface area (Å²) in [6.45, 7) is 0.389. The Balaban J connectivity index is 1.38. The number of hydrogen-bond donors (Lipinski definition) is 3. The monoisotopic (exact) mass is 471 g/mol. The molecule has 180 valence electrons. The van der Waals surface area contributed by atoms with Crippen molar-refractivity contribution >= 4 is 17.2 Å². The van der Waals surface area contributed by atoms with Crippen LogP contribution in [0.3, 0.4) is 0 Å². The minimum atomic E-state index is -0.223. The molecule has 1 aliphatic carbocycles. The van der Waals surface area contributed by atoms with Crippen LogP contribution < -0.4 is 15.8 Å². The fourth-order valence-corrected chi connectivity index (χ4v) is 4.80. The van der Waals surface area contributed by atoms with Gasteiger partial charge >= 0.3 is 0 Å². The van der Waals surface area contributed by atoms with E-state index in [2.05, 4.69) is 10.3 Å². The van der Waals surface area contributed by atoms with Crippen LogP contribution in [0.4, 0.5) is 5.82 Å². The number of amides is 1. The number of ether oxygens (including phenoxy) is 1. The van der Waals surface area contributed by atoms with Crippen molar-refractivity contribution in [3.05, 3.63) is 77.9 Å². The van der Waals surface area contributed by atoms with E-state index >= 15 is 0 Å². The second-order valence-electron chi connectivity index (χ2n) is 8.94. The number of rotatable bonds is 6. The summed E-state index contributed by atoms with van der Waals surface area (Å²) in [7, 11) is 1.55. The second kappa shape index (κ2) is 9.76. The molecule has 0 atom stereocenters. The molecule has 2 aromatic carbocycles. The maximum Gasteiger partial charge on any atom is 0.255 e. The smallest absolute Gasteiger partial charge is 0.255 e. The van der Waals surface area contributed by atoms with Crippen LogP contribution in [-0.2, 0) is 6.54 Å². The number of benzene rings is 2. The van der Waals surface area contributed by atoms with Gasteiger partial charge in [0.1, 0.15) is 28.6 Å². The molecule has 2 aromatic heterocycles. The van der Waals surface area contributed by atoms with Crippen molar-refractivity contribution in [1.29, 1.82) is 0 Å². The van der Waals surface area contributed by atoms with Crippen LogP contribution in [0.5, 0.6) is 5.75 Å². The zero-order valence-electron chi connectivity index (χ0n) is 19.6. The highest BCUT2D eigenvalue weighted by molar-refractivity contribution is 5.96. The molecular formula is C27H29N5O3. The summed E-state index contributed by atoms with van der Waals surface area (Å²) in [6, 6.07) is 15.1. The number of imidazole rings is 1. The van der Waals surface area contributed by atoms with E-state index in [0.29, 0.717) is 23.7 Å². The first-order chi connectivity index (χ1) is 17.0. The lowest BCUT2D eigenvalue weighted by Gasteiger charge is -2.24. The average Bonchev–Trinajstić information content (AvgIpc) is 3.29. The highest BCUT2D eigenvalue weighted by Crippen LogP contribution is 2.36. The summed E-state index contributed by atoms with van der Waals surface area (Å²) in [5.41, 5.74) is 10.3. The van der Waals surface area contributed by atoms with E-state index in [1.165, 1.54) is 0 Å². The van der Waals surface area contributed by atoms with Crippen molar-refractivity contribution in [2.45, 2.75) is 44.2 Å². The zero-order chi connectivity index (χ0) is 24.4. The number of nitrogen functional groups attached to an aromatic ring is 1. The van der Waals surface area contributed by atoms with Gasteiger partial charge in [0.15, 0.2) is 0 Å². The average molecular weight is 472 g/mol. The van der Waals surface area contributed by atoms with Crippen LogP contribution in [-0.4, -0.2) is 38.6 Å². The molecule has 1 fully saturated rings. The maximum absolute atomic E-state index is 12.6. The molecule has 0 unspecified atom stereocenters. The standard InChI is InChI=1S/C27H29N5O3/c1-35-22-5-3-2-4-21(22)27(34)30-16-17-6-8-18(9-7-17)23-24-25(28)29-14-15-32(24)26(31-23)19-10-12-20(33)13-11-19/h2-9,14-15,19-20,33H,10-13,16H2,1H3,(H2,28,29)(H,30,34). The summed E-state index contributed by atoms with van der Waals surface area (Å²) in [5.74, 6) is 2.02. The molecule has 1 aliphatic rings. The summed E-state index contributed by atoms with van der Waals surface area (Å²) >= 11 is 0. The Kier molecular flexibility index (Phi) is 6.37. The summed E-state index contributed by atoms with van der Waals surface area (Å²) in [4.78, 5) is 21.9. The molecule has 8 nitrogen and oxygen atoms in total. The third kappa shape index (κ3) is 4.57. The predicted octanol–water partition coefficient (Wildman–Crippen LogP) is 3.94. The van der Waals surface area contributed by atoms with Gasteiger partial charge in [0, 0.05) is 30.4 Å². The number of aliphatic hydroxyl groups is 1. The number of carbonyl (C=O) groups excluding carboxylic acids is 1. The van der Waals surface area contributed by atoms with E-state index in [0.717, 1.165) is 53.8 Å². The van der Waals surface area contributed by atoms with E-state index in [1.54, 1.807) is 25.4 Å². The Morgan fingerprint density at radius 2 is 1.89 bits per heavy atom. The van der Waals surface area contributed by atoms with Gasteiger partial charge in [-0.1, -0.05) is 36.4 Å². The SMILES string of the molecule is COc1ccccc1C(=O)NCc1ccc(-c2nc(C3CCC(O)CC3)n3ccnc(N)c23)cc1. The molecule has 5 rings (SSSR count). The lowest BCUT2D eigenvalue weighted by molar-refractivity contribution is 0.0948. The largest absolute Gasteiger partial charge is 0.496 e. The van der Waals surface area contributed by atoms with Crippen molar-refractivity contribution in [1.82, 2.24) is 19.7 Å². The number of fused-ring (bicyclic) bond motifs is 1. The van der Waals surface area contributed by atoms with Gasteiger partial charge in [-0.3, -0.25) is 9.20 Å². The van der Waals surface area contributed by atoms with Gasteiger partial charge in [0.25, 0.3) is 5.91 Å². The van der Waals surface area contributed by atoms with Crippen molar-refractivity contribution in [3.8, 4) is 17.0 Å². The Hall–Kier alpha value is -3.91. The Morgan fingerprint density at radius 1 is 1.14 bits per heavy atom. The number of hydrogen-bond acceptors (Lipinski definition) is 6. The van der Waals surface area contributed by atoms with Crippen molar-refractivity contribution in [3.63, 3.8) is 0 Å². The predicted molar refractivity (Wildman–Crippen MR) is 134 cm³/mol. The molecular weight excluding hydrogens is 442 g/mol. The highest BCUT2D eigenvalue weighted by Gasteiger charge is 2.26. The third-order valence-corrected chi connectivity index (χ3v) is 6.70. The first-order valence-corrected chi connectivity index (χ1v) is 11.9. The molecule has 4 N–H and O–H groups in total. The molecule has 35 heavy (non-hydrogen) atoms. The van der Waals surface area contributed by atoms with Gasteiger partial charge in [-0.15, -0.1) is 0 Å². The van der Waals surface area contributed by atoms with Gasteiger partial charge in [0.05, 0.1) is 18.8 Å². The quantitative estimate of drug-likeness (QED) is 0.392. The number of nitrogens with two attached hydrogens (primary N) is 1. The topological polar surface area (TPSA) is 115 Å². The Labute approximate surface area is 203 Å². The van der Waals surface area contributed by atoms with Crippen molar-refractivity contribution < 1.29 is 14.6 Å². The second-order valence-corrected chi connectivity index (χ2v) is 8.94. The fraction of sp³-hybridized carbons (Fsp3) is 0.296. The molecule has 0 spiro atoms. The summed E-state index contributed by atoms with van der Waals surface area (Å²) in [6.07, 6.45) is 6.74. The summed E-state index contributed by atoms with van der Waals surface area (Å²) in [5, 5.41) is 12.9. The van der Waals surface area contributed by atoms with E-state index in [1.807, 2.05) is 47.0 Å². The van der Waals surface area contributed by atoms with Crippen molar-refractivity contribution in [2.75, 3.05) is 12.8 Å². The van der Waals surface area contributed by atoms with Gasteiger partial charge in [-0.2, -0.15) is 0 Å². The first kappa shape index (κ1) is 22.9. The van der Waals surface area contributed by atoms with E-state index in [9.17, 15) is 9.90 Å². The lowest BCUT2D eigenvalue weighted by Crippen LogP contribution is -2.23. The molecule has 4 aromatic rings. The molecule has 8 heteroatoms. The van der Waals surface area contributed by atoms with Crippen LogP contribution >= 0.6 is 0 Å². The summed E-state index contributed by atoms with van der Waals surface area (Å²) < 4.78 is 7.32. The van der Waals surface area contributed by atoms with Crippen LogP contribution in [0, 0.1) is 0 Å². The van der Waals surface area contributed by atoms with Crippen molar-refractivity contribution in [2.24, 2.45) is 0 Å².